The molecular formula is C23H22FN7O2. The Hall–Kier alpha value is -4.39. The van der Waals surface area contributed by atoms with E-state index in [0.29, 0.717) is 5.56 Å². The van der Waals surface area contributed by atoms with Gasteiger partial charge in [0.2, 0.25) is 0 Å². The number of rotatable bonds is 8. The average Bonchev–Trinajstić information content (AvgIpc) is 2.79. The van der Waals surface area contributed by atoms with Gasteiger partial charge in [0, 0.05) is 17.3 Å². The number of unbranched alkanes of at least 4 members (excludes halogenated alkanes) is 1. The Labute approximate surface area is 190 Å². The highest BCUT2D eigenvalue weighted by Gasteiger charge is 2.17. The summed E-state index contributed by atoms with van der Waals surface area (Å²) in [5.74, 6) is -0.624. The number of aryl methyl sites for hydroxylation is 1. The number of benzene rings is 2. The standard InChI is InChI=1S/C23H22FN7O2/c1-3-4-5-15-6-8-16(9-7-15)27-23-21(14(2)18(13-25)22(26)28-23)30-29-20-11-10-17(31(32)33)12-19(20)24/h6-12H,3-5H2,1-2H3,(H3,26,27,28)/b30-29+. The summed E-state index contributed by atoms with van der Waals surface area (Å²) < 4.78 is 14.2. The predicted octanol–water partition coefficient (Wildman–Crippen LogP) is 6.39. The zero-order valence-electron chi connectivity index (χ0n) is 18.2. The van der Waals surface area contributed by atoms with Gasteiger partial charge in [-0.25, -0.2) is 9.37 Å². The van der Waals surface area contributed by atoms with Crippen molar-refractivity contribution in [2.24, 2.45) is 10.2 Å². The van der Waals surface area contributed by atoms with Crippen LogP contribution in [0.1, 0.15) is 36.5 Å². The Balaban J connectivity index is 1.97. The number of nitro benzene ring substituents is 1. The van der Waals surface area contributed by atoms with Crippen LogP contribution in [0.25, 0.3) is 0 Å². The van der Waals surface area contributed by atoms with Gasteiger partial charge in [-0.05, 0) is 43.5 Å². The Bertz CT molecular complexity index is 1250. The Morgan fingerprint density at radius 3 is 2.58 bits per heavy atom. The largest absolute Gasteiger partial charge is 0.383 e. The Kier molecular flexibility index (Phi) is 7.25. The summed E-state index contributed by atoms with van der Waals surface area (Å²) in [6, 6.07) is 12.8. The van der Waals surface area contributed by atoms with Crippen LogP contribution in [0.5, 0.6) is 0 Å². The molecule has 3 rings (SSSR count). The van der Waals surface area contributed by atoms with Crippen molar-refractivity contribution in [3.8, 4) is 6.07 Å². The first-order chi connectivity index (χ1) is 15.8. The summed E-state index contributed by atoms with van der Waals surface area (Å²) in [5.41, 5.74) is 8.04. The van der Waals surface area contributed by atoms with Crippen molar-refractivity contribution in [3.05, 3.63) is 75.1 Å². The third-order valence-electron chi connectivity index (χ3n) is 4.99. The number of nitrogens with one attached hydrogen (secondary N) is 1. The maximum absolute atomic E-state index is 14.2. The molecule has 0 fully saturated rings. The molecule has 1 aromatic heterocycles. The van der Waals surface area contributed by atoms with E-state index in [9.17, 15) is 19.8 Å². The van der Waals surface area contributed by atoms with Gasteiger partial charge in [-0.2, -0.15) is 5.26 Å². The van der Waals surface area contributed by atoms with Crippen LogP contribution in [0.15, 0.2) is 52.7 Å². The van der Waals surface area contributed by atoms with E-state index >= 15 is 0 Å². The highest BCUT2D eigenvalue weighted by molar-refractivity contribution is 5.76. The summed E-state index contributed by atoms with van der Waals surface area (Å²) in [7, 11) is 0. The number of pyridine rings is 1. The van der Waals surface area contributed by atoms with Gasteiger partial charge in [0.25, 0.3) is 5.69 Å². The molecule has 0 unspecified atom stereocenters. The molecule has 3 aromatic rings. The van der Waals surface area contributed by atoms with E-state index < -0.39 is 16.4 Å². The minimum atomic E-state index is -0.897. The normalized spacial score (nSPS) is 10.8. The molecule has 0 aliphatic heterocycles. The van der Waals surface area contributed by atoms with Crippen LogP contribution in [-0.4, -0.2) is 9.91 Å². The third-order valence-corrected chi connectivity index (χ3v) is 4.99. The molecule has 0 saturated carbocycles. The first kappa shape index (κ1) is 23.3. The van der Waals surface area contributed by atoms with Crippen LogP contribution < -0.4 is 11.1 Å². The lowest BCUT2D eigenvalue weighted by atomic mass is 10.1. The van der Waals surface area contributed by atoms with Crippen molar-refractivity contribution >= 4 is 34.4 Å². The maximum atomic E-state index is 14.2. The molecule has 0 atom stereocenters. The van der Waals surface area contributed by atoms with E-state index in [1.54, 1.807) is 6.92 Å². The Morgan fingerprint density at radius 2 is 1.97 bits per heavy atom. The lowest BCUT2D eigenvalue weighted by Crippen LogP contribution is -2.03. The number of nitrogens with two attached hydrogens (primary N) is 1. The minimum absolute atomic E-state index is 0.0255. The molecule has 0 aliphatic rings. The number of hydrogen-bond donors (Lipinski definition) is 2. The van der Waals surface area contributed by atoms with Gasteiger partial charge in [-0.1, -0.05) is 25.5 Å². The van der Waals surface area contributed by atoms with E-state index in [1.165, 1.54) is 5.56 Å². The summed E-state index contributed by atoms with van der Waals surface area (Å²) in [5, 5.41) is 31.4. The smallest absolute Gasteiger partial charge is 0.272 e. The molecule has 9 nitrogen and oxygen atoms in total. The molecule has 0 bridgehead atoms. The van der Waals surface area contributed by atoms with E-state index in [-0.39, 0.29) is 28.6 Å². The monoisotopic (exact) mass is 447 g/mol. The fraction of sp³-hybridized carbons (Fsp3) is 0.217. The topological polar surface area (TPSA) is 143 Å². The van der Waals surface area contributed by atoms with Crippen molar-refractivity contribution in [2.75, 3.05) is 11.1 Å². The first-order valence-corrected chi connectivity index (χ1v) is 10.3. The lowest BCUT2D eigenvalue weighted by molar-refractivity contribution is -0.385. The second kappa shape index (κ2) is 10.3. The zero-order valence-corrected chi connectivity index (χ0v) is 18.2. The number of non-ortho nitro benzene ring substituents is 1. The average molecular weight is 447 g/mol. The molecule has 0 aliphatic carbocycles. The van der Waals surface area contributed by atoms with Crippen molar-refractivity contribution in [1.82, 2.24) is 4.98 Å². The molecule has 168 valence electrons. The Morgan fingerprint density at radius 1 is 1.24 bits per heavy atom. The van der Waals surface area contributed by atoms with Gasteiger partial charge < -0.3 is 11.1 Å². The molecule has 0 spiro atoms. The van der Waals surface area contributed by atoms with Gasteiger partial charge in [0.05, 0.1) is 16.6 Å². The molecule has 0 saturated heterocycles. The second-order valence-electron chi connectivity index (χ2n) is 7.32. The number of nitriles is 1. The van der Waals surface area contributed by atoms with Crippen LogP contribution in [-0.2, 0) is 6.42 Å². The summed E-state index contributed by atoms with van der Waals surface area (Å²) in [4.78, 5) is 14.4. The second-order valence-corrected chi connectivity index (χ2v) is 7.32. The maximum Gasteiger partial charge on any atom is 0.272 e. The number of nitrogen functional groups attached to an aromatic ring is 1. The van der Waals surface area contributed by atoms with Crippen molar-refractivity contribution in [2.45, 2.75) is 33.1 Å². The van der Waals surface area contributed by atoms with Gasteiger partial charge in [0.1, 0.15) is 23.3 Å². The summed E-state index contributed by atoms with van der Waals surface area (Å²) >= 11 is 0. The number of hydrogen-bond acceptors (Lipinski definition) is 8. The molecule has 33 heavy (non-hydrogen) atoms. The number of aromatic nitrogens is 1. The van der Waals surface area contributed by atoms with Gasteiger partial charge in [0.15, 0.2) is 11.6 Å². The highest BCUT2D eigenvalue weighted by Crippen LogP contribution is 2.36. The fourth-order valence-corrected chi connectivity index (χ4v) is 3.13. The third kappa shape index (κ3) is 5.46. The molecule has 1 heterocycles. The summed E-state index contributed by atoms with van der Waals surface area (Å²) in [6.45, 7) is 3.77. The molecule has 3 N–H and O–H groups in total. The van der Waals surface area contributed by atoms with Crippen LogP contribution in [0.4, 0.5) is 38.8 Å². The van der Waals surface area contributed by atoms with Crippen molar-refractivity contribution in [1.29, 1.82) is 5.26 Å². The number of nitro groups is 1. The van der Waals surface area contributed by atoms with Crippen molar-refractivity contribution < 1.29 is 9.31 Å². The lowest BCUT2D eigenvalue weighted by Gasteiger charge is -2.13. The first-order valence-electron chi connectivity index (χ1n) is 10.3. The van der Waals surface area contributed by atoms with Crippen molar-refractivity contribution in [3.63, 3.8) is 0 Å². The summed E-state index contributed by atoms with van der Waals surface area (Å²) in [6.07, 6.45) is 3.19. The highest BCUT2D eigenvalue weighted by atomic mass is 19.1. The number of anilines is 3. The number of halogens is 1. The van der Waals surface area contributed by atoms with Crippen LogP contribution in [0.3, 0.4) is 0 Å². The number of azo groups is 1. The van der Waals surface area contributed by atoms with Crippen LogP contribution in [0, 0.1) is 34.2 Å². The van der Waals surface area contributed by atoms with Gasteiger partial charge in [-0.3, -0.25) is 10.1 Å². The molecular weight excluding hydrogens is 425 g/mol. The van der Waals surface area contributed by atoms with Gasteiger partial charge >= 0.3 is 0 Å². The SMILES string of the molecule is CCCCc1ccc(Nc2nc(N)c(C#N)c(C)c2/N=N/c2ccc([N+](=O)[O-])cc2F)cc1. The molecule has 0 radical (unpaired) electrons. The predicted molar refractivity (Wildman–Crippen MR) is 124 cm³/mol. The van der Waals surface area contributed by atoms with Crippen LogP contribution >= 0.6 is 0 Å². The quantitative estimate of drug-likeness (QED) is 0.232. The minimum Gasteiger partial charge on any atom is -0.383 e. The van der Waals surface area contributed by atoms with Crippen LogP contribution in [0.2, 0.25) is 0 Å². The fourth-order valence-electron chi connectivity index (χ4n) is 3.13. The van der Waals surface area contributed by atoms with E-state index in [1.807, 2.05) is 30.3 Å². The van der Waals surface area contributed by atoms with Gasteiger partial charge in [-0.15, -0.1) is 10.2 Å². The van der Waals surface area contributed by atoms with E-state index in [4.69, 9.17) is 5.73 Å². The molecule has 2 aromatic carbocycles. The molecule has 0 amide bonds. The number of nitrogens with zero attached hydrogens (tertiary/aromatic N) is 5. The van der Waals surface area contributed by atoms with E-state index in [0.717, 1.165) is 43.1 Å². The zero-order chi connectivity index (χ0) is 24.0. The van der Waals surface area contributed by atoms with E-state index in [2.05, 4.69) is 27.5 Å². The molecule has 10 heteroatoms.